The molecule has 9 heteroatoms. The number of anilines is 1. The number of rotatable bonds is 3. The zero-order chi connectivity index (χ0) is 22.1. The van der Waals surface area contributed by atoms with Gasteiger partial charge in [-0.2, -0.15) is 4.98 Å². The normalized spacial score (nSPS) is 16.8. The Morgan fingerprint density at radius 1 is 1.32 bits per heavy atom. The third-order valence-corrected chi connectivity index (χ3v) is 5.29. The van der Waals surface area contributed by atoms with Gasteiger partial charge in [0.15, 0.2) is 0 Å². The van der Waals surface area contributed by atoms with E-state index in [0.29, 0.717) is 22.6 Å². The molecule has 8 nitrogen and oxygen atoms in total. The Morgan fingerprint density at radius 3 is 2.87 bits per heavy atom. The highest BCUT2D eigenvalue weighted by Gasteiger charge is 2.31. The molecular weight excluding hydrogens is 401 g/mol. The molecule has 160 valence electrons. The monoisotopic (exact) mass is 423 g/mol. The van der Waals surface area contributed by atoms with Crippen LogP contribution in [0.4, 0.5) is 14.9 Å². The van der Waals surface area contributed by atoms with Gasteiger partial charge in [-0.25, -0.2) is 9.18 Å². The van der Waals surface area contributed by atoms with Crippen LogP contribution in [0.1, 0.15) is 36.9 Å². The Bertz CT molecular complexity index is 1150. The number of fused-ring (bicyclic) bond motifs is 1. The number of hydrogen-bond donors (Lipinski definition) is 2. The van der Waals surface area contributed by atoms with Gasteiger partial charge in [0.1, 0.15) is 17.9 Å². The van der Waals surface area contributed by atoms with E-state index in [1.807, 2.05) is 18.2 Å². The molecule has 1 aliphatic rings. The molecule has 1 aromatic heterocycles. The fourth-order valence-corrected chi connectivity index (χ4v) is 3.37. The number of aromatic nitrogens is 2. The van der Waals surface area contributed by atoms with Crippen LogP contribution in [-0.4, -0.2) is 33.0 Å². The summed E-state index contributed by atoms with van der Waals surface area (Å²) in [6.45, 7) is 5.31. The zero-order valence-corrected chi connectivity index (χ0v) is 17.3. The summed E-state index contributed by atoms with van der Waals surface area (Å²) in [5, 5.41) is 9.59. The van der Waals surface area contributed by atoms with Crippen molar-refractivity contribution in [2.24, 2.45) is 0 Å². The minimum atomic E-state index is -0.667. The van der Waals surface area contributed by atoms with Gasteiger partial charge in [0.2, 0.25) is 17.6 Å². The fraction of sp³-hybridized carbons (Fsp3) is 0.273. The molecule has 0 aliphatic carbocycles. The van der Waals surface area contributed by atoms with E-state index >= 15 is 0 Å². The van der Waals surface area contributed by atoms with Gasteiger partial charge >= 0.3 is 6.03 Å². The Morgan fingerprint density at radius 2 is 2.10 bits per heavy atom. The molecule has 31 heavy (non-hydrogen) atoms. The molecule has 0 radical (unpaired) electrons. The van der Waals surface area contributed by atoms with Gasteiger partial charge in [0.05, 0.1) is 6.54 Å². The largest absolute Gasteiger partial charge is 0.337 e. The number of urea groups is 1. The predicted molar refractivity (Wildman–Crippen MR) is 111 cm³/mol. The average Bonchev–Trinajstić information content (AvgIpc) is 3.20. The zero-order valence-electron chi connectivity index (χ0n) is 17.3. The molecule has 3 aromatic rings. The Balaban J connectivity index is 1.50. The van der Waals surface area contributed by atoms with Crippen LogP contribution in [0.15, 0.2) is 47.0 Å². The first-order chi connectivity index (χ1) is 14.8. The van der Waals surface area contributed by atoms with E-state index in [9.17, 15) is 14.0 Å². The summed E-state index contributed by atoms with van der Waals surface area (Å²) in [6.07, 6.45) is 0. The van der Waals surface area contributed by atoms with Crippen LogP contribution in [0, 0.1) is 12.7 Å². The van der Waals surface area contributed by atoms with Crippen LogP contribution in [0.5, 0.6) is 0 Å². The van der Waals surface area contributed by atoms with Gasteiger partial charge in [0, 0.05) is 11.3 Å². The quantitative estimate of drug-likeness (QED) is 0.667. The first-order valence-corrected chi connectivity index (χ1v) is 9.89. The summed E-state index contributed by atoms with van der Waals surface area (Å²) in [5.41, 5.74) is 2.62. The number of benzene rings is 2. The molecule has 2 unspecified atom stereocenters. The highest BCUT2D eigenvalue weighted by atomic mass is 19.1. The van der Waals surface area contributed by atoms with Crippen LogP contribution in [0.3, 0.4) is 0 Å². The van der Waals surface area contributed by atoms with Crippen molar-refractivity contribution in [3.63, 3.8) is 0 Å². The van der Waals surface area contributed by atoms with Crippen LogP contribution < -0.4 is 10.6 Å². The second-order valence-corrected chi connectivity index (χ2v) is 7.54. The minimum Gasteiger partial charge on any atom is -0.337 e. The smallest absolute Gasteiger partial charge is 0.319 e. The molecule has 2 atom stereocenters. The molecule has 2 N–H and O–H groups in total. The summed E-state index contributed by atoms with van der Waals surface area (Å²) in [6, 6.07) is 10.2. The van der Waals surface area contributed by atoms with E-state index in [1.54, 1.807) is 39.0 Å². The van der Waals surface area contributed by atoms with Gasteiger partial charge in [-0.1, -0.05) is 23.4 Å². The Hall–Kier alpha value is -3.75. The molecule has 0 bridgehead atoms. The van der Waals surface area contributed by atoms with Gasteiger partial charge in [-0.05, 0) is 56.2 Å². The van der Waals surface area contributed by atoms with E-state index in [2.05, 4.69) is 20.8 Å². The molecular formula is C22H22FN5O3. The molecule has 2 heterocycles. The van der Waals surface area contributed by atoms with Crippen molar-refractivity contribution in [1.29, 1.82) is 0 Å². The van der Waals surface area contributed by atoms with E-state index in [0.717, 1.165) is 5.56 Å². The Labute approximate surface area is 178 Å². The lowest BCUT2D eigenvalue weighted by Gasteiger charge is -2.27. The summed E-state index contributed by atoms with van der Waals surface area (Å²) in [7, 11) is 0. The maximum atomic E-state index is 13.5. The van der Waals surface area contributed by atoms with Crippen molar-refractivity contribution >= 4 is 17.6 Å². The summed E-state index contributed by atoms with van der Waals surface area (Å²) >= 11 is 0. The summed E-state index contributed by atoms with van der Waals surface area (Å²) < 4.78 is 18.8. The number of hydrogen-bond acceptors (Lipinski definition) is 5. The number of aryl methyl sites for hydroxylation is 1. The molecule has 0 spiro atoms. The first-order valence-electron chi connectivity index (χ1n) is 9.89. The van der Waals surface area contributed by atoms with Crippen molar-refractivity contribution in [1.82, 2.24) is 20.4 Å². The molecule has 1 aliphatic heterocycles. The number of halogens is 1. The van der Waals surface area contributed by atoms with Crippen molar-refractivity contribution in [3.8, 4) is 11.4 Å². The lowest BCUT2D eigenvalue weighted by molar-refractivity contribution is -0.119. The van der Waals surface area contributed by atoms with Gasteiger partial charge in [-0.3, -0.25) is 4.79 Å². The highest BCUT2D eigenvalue weighted by Crippen LogP contribution is 2.24. The van der Waals surface area contributed by atoms with Crippen molar-refractivity contribution in [2.75, 3.05) is 5.32 Å². The number of carbonyl (C=O) groups is 2. The van der Waals surface area contributed by atoms with Crippen LogP contribution in [0.25, 0.3) is 11.4 Å². The van der Waals surface area contributed by atoms with Crippen LogP contribution >= 0.6 is 0 Å². The number of nitrogens with one attached hydrogen (secondary N) is 2. The number of carbonyl (C=O) groups excluding carboxylic acids is 2. The van der Waals surface area contributed by atoms with Crippen molar-refractivity contribution in [3.05, 3.63) is 65.3 Å². The minimum absolute atomic E-state index is 0.206. The predicted octanol–water partition coefficient (Wildman–Crippen LogP) is 3.80. The molecule has 0 saturated carbocycles. The highest BCUT2D eigenvalue weighted by molar-refractivity contribution is 5.98. The van der Waals surface area contributed by atoms with Gasteiger partial charge in [0.25, 0.3) is 0 Å². The topological polar surface area (TPSA) is 100 Å². The maximum Gasteiger partial charge on any atom is 0.319 e. The van der Waals surface area contributed by atoms with E-state index < -0.39 is 18.1 Å². The second-order valence-electron chi connectivity index (χ2n) is 7.54. The average molecular weight is 423 g/mol. The van der Waals surface area contributed by atoms with E-state index in [4.69, 9.17) is 4.52 Å². The number of para-hydroxylation sites is 1. The first kappa shape index (κ1) is 20.5. The van der Waals surface area contributed by atoms with Gasteiger partial charge in [-0.15, -0.1) is 0 Å². The number of amides is 3. The maximum absolute atomic E-state index is 13.5. The third kappa shape index (κ3) is 4.11. The van der Waals surface area contributed by atoms with Crippen LogP contribution in [-0.2, 0) is 11.3 Å². The van der Waals surface area contributed by atoms with Crippen molar-refractivity contribution < 1.29 is 18.5 Å². The molecule has 0 fully saturated rings. The third-order valence-electron chi connectivity index (χ3n) is 5.29. The van der Waals surface area contributed by atoms with E-state index in [1.165, 1.54) is 11.0 Å². The van der Waals surface area contributed by atoms with Gasteiger partial charge < -0.3 is 20.1 Å². The SMILES string of the molecule is Cc1cc(-c2noc(C(C)NC(=O)N3Cc4ccccc4NC(=O)C3C)n2)ccc1F. The molecule has 0 saturated heterocycles. The molecule has 2 aromatic carbocycles. The summed E-state index contributed by atoms with van der Waals surface area (Å²) in [4.78, 5) is 31.2. The fourth-order valence-electron chi connectivity index (χ4n) is 3.37. The second kappa shape index (κ2) is 8.17. The lowest BCUT2D eigenvalue weighted by Crippen LogP contribution is -2.48. The Kier molecular flexibility index (Phi) is 5.41. The van der Waals surface area contributed by atoms with Crippen molar-refractivity contribution in [2.45, 2.75) is 39.4 Å². The van der Waals surface area contributed by atoms with E-state index in [-0.39, 0.29) is 24.2 Å². The standard InChI is InChI=1S/C22H22FN5O3/c1-12-10-15(8-9-17(12)23)19-26-21(31-27-19)13(2)24-22(30)28-11-16-6-4-5-7-18(16)25-20(29)14(28)3/h4-10,13-14H,11H2,1-3H3,(H,24,30)(H,25,29). The van der Waals surface area contributed by atoms with Crippen LogP contribution in [0.2, 0.25) is 0 Å². The summed E-state index contributed by atoms with van der Waals surface area (Å²) in [5.74, 6) is -0.0712. The molecule has 4 rings (SSSR count). The molecule has 3 amide bonds. The number of nitrogens with zero attached hydrogens (tertiary/aromatic N) is 3. The lowest BCUT2D eigenvalue weighted by atomic mass is 10.1.